The zero-order chi connectivity index (χ0) is 15.4. The molecule has 0 aromatic heterocycles. The molecule has 2 rings (SSSR count). The van der Waals surface area contributed by atoms with Crippen LogP contribution in [0.2, 0.25) is 0 Å². The summed E-state index contributed by atoms with van der Waals surface area (Å²) in [6, 6.07) is 10.1. The third-order valence-corrected chi connectivity index (χ3v) is 3.91. The van der Waals surface area contributed by atoms with Gasteiger partial charge < -0.3 is 5.32 Å². The van der Waals surface area contributed by atoms with E-state index >= 15 is 0 Å². The summed E-state index contributed by atoms with van der Waals surface area (Å²) in [5, 5.41) is 3.08. The van der Waals surface area contributed by atoms with Gasteiger partial charge in [-0.2, -0.15) is 0 Å². The van der Waals surface area contributed by atoms with Crippen LogP contribution in [-0.2, 0) is 12.8 Å². The Morgan fingerprint density at radius 2 is 1.71 bits per heavy atom. The van der Waals surface area contributed by atoms with Crippen molar-refractivity contribution in [2.75, 3.05) is 7.05 Å². The minimum atomic E-state index is -0.811. The molecule has 0 heterocycles. The third kappa shape index (κ3) is 3.13. The molecule has 1 atom stereocenters. The Morgan fingerprint density at radius 1 is 1.00 bits per heavy atom. The van der Waals surface area contributed by atoms with E-state index in [0.29, 0.717) is 5.56 Å². The molecule has 1 nitrogen and oxygen atoms in total. The van der Waals surface area contributed by atoms with E-state index in [9.17, 15) is 8.78 Å². The van der Waals surface area contributed by atoms with Crippen LogP contribution in [0.5, 0.6) is 0 Å². The maximum atomic E-state index is 14.0. The SMILES string of the molecule is CCc1ccc(C(NC)c2cccc(F)c2F)cc1CC. The first-order chi connectivity index (χ1) is 10.1. The van der Waals surface area contributed by atoms with E-state index in [1.807, 2.05) is 6.07 Å². The Morgan fingerprint density at radius 3 is 2.33 bits per heavy atom. The largest absolute Gasteiger partial charge is 0.309 e. The molecule has 0 saturated carbocycles. The van der Waals surface area contributed by atoms with E-state index in [0.717, 1.165) is 24.5 Å². The molecular formula is C18H21F2N. The van der Waals surface area contributed by atoms with E-state index in [4.69, 9.17) is 0 Å². The van der Waals surface area contributed by atoms with Crippen LogP contribution >= 0.6 is 0 Å². The summed E-state index contributed by atoms with van der Waals surface area (Å²) in [4.78, 5) is 0. The van der Waals surface area contributed by atoms with Gasteiger partial charge in [0.2, 0.25) is 0 Å². The van der Waals surface area contributed by atoms with Gasteiger partial charge >= 0.3 is 0 Å². The molecule has 0 fully saturated rings. The number of hydrogen-bond acceptors (Lipinski definition) is 1. The number of halogens is 2. The standard InChI is InChI=1S/C18H21F2N/c1-4-12-9-10-14(11-13(12)5-2)18(21-3)15-7-6-8-16(19)17(15)20/h6-11,18,21H,4-5H2,1-3H3. The molecule has 0 aliphatic rings. The lowest BCUT2D eigenvalue weighted by molar-refractivity contribution is 0.487. The van der Waals surface area contributed by atoms with Gasteiger partial charge in [-0.05, 0) is 42.6 Å². The Labute approximate surface area is 125 Å². The molecule has 0 bridgehead atoms. The van der Waals surface area contributed by atoms with Crippen molar-refractivity contribution in [3.8, 4) is 0 Å². The smallest absolute Gasteiger partial charge is 0.163 e. The number of nitrogens with one attached hydrogen (secondary N) is 1. The van der Waals surface area contributed by atoms with Crippen LogP contribution in [0.3, 0.4) is 0 Å². The Bertz CT molecular complexity index is 623. The highest BCUT2D eigenvalue weighted by Gasteiger charge is 2.19. The van der Waals surface area contributed by atoms with Crippen LogP contribution in [0.1, 0.15) is 42.1 Å². The van der Waals surface area contributed by atoms with Gasteiger partial charge in [0.15, 0.2) is 11.6 Å². The monoisotopic (exact) mass is 289 g/mol. The first-order valence-corrected chi connectivity index (χ1v) is 7.35. The molecule has 0 radical (unpaired) electrons. The summed E-state index contributed by atoms with van der Waals surface area (Å²) < 4.78 is 27.5. The molecule has 112 valence electrons. The quantitative estimate of drug-likeness (QED) is 0.860. The number of rotatable bonds is 5. The molecule has 21 heavy (non-hydrogen) atoms. The molecule has 0 amide bonds. The van der Waals surface area contributed by atoms with Crippen LogP contribution in [0, 0.1) is 11.6 Å². The summed E-state index contributed by atoms with van der Waals surface area (Å²) in [6.45, 7) is 4.23. The van der Waals surface area contributed by atoms with Crippen molar-refractivity contribution in [1.29, 1.82) is 0 Å². The Kier molecular flexibility index (Phi) is 5.07. The second kappa shape index (κ2) is 6.81. The average molecular weight is 289 g/mol. The lowest BCUT2D eigenvalue weighted by Crippen LogP contribution is -2.19. The van der Waals surface area contributed by atoms with E-state index in [1.165, 1.54) is 11.1 Å². The molecule has 3 heteroatoms. The lowest BCUT2D eigenvalue weighted by Gasteiger charge is -2.20. The van der Waals surface area contributed by atoms with Crippen molar-refractivity contribution >= 4 is 0 Å². The van der Waals surface area contributed by atoms with Crippen molar-refractivity contribution in [3.63, 3.8) is 0 Å². The summed E-state index contributed by atoms with van der Waals surface area (Å²) >= 11 is 0. The van der Waals surface area contributed by atoms with Gasteiger partial charge in [0.05, 0.1) is 6.04 Å². The highest BCUT2D eigenvalue weighted by molar-refractivity contribution is 5.39. The normalized spacial score (nSPS) is 12.4. The molecule has 0 aliphatic heterocycles. The highest BCUT2D eigenvalue weighted by atomic mass is 19.2. The minimum Gasteiger partial charge on any atom is -0.309 e. The van der Waals surface area contributed by atoms with E-state index in [1.54, 1.807) is 19.2 Å². The molecular weight excluding hydrogens is 268 g/mol. The van der Waals surface area contributed by atoms with Crippen LogP contribution in [0.25, 0.3) is 0 Å². The van der Waals surface area contributed by atoms with Crippen LogP contribution in [0.4, 0.5) is 8.78 Å². The summed E-state index contributed by atoms with van der Waals surface area (Å²) in [5.74, 6) is -1.59. The first-order valence-electron chi connectivity index (χ1n) is 7.35. The topological polar surface area (TPSA) is 12.0 Å². The van der Waals surface area contributed by atoms with Crippen molar-refractivity contribution in [2.24, 2.45) is 0 Å². The van der Waals surface area contributed by atoms with Crippen LogP contribution in [-0.4, -0.2) is 7.05 Å². The first kappa shape index (κ1) is 15.6. The van der Waals surface area contributed by atoms with Gasteiger partial charge in [-0.1, -0.05) is 44.2 Å². The maximum Gasteiger partial charge on any atom is 0.163 e. The molecule has 2 aromatic rings. The molecule has 2 aromatic carbocycles. The van der Waals surface area contributed by atoms with Crippen molar-refractivity contribution < 1.29 is 8.78 Å². The van der Waals surface area contributed by atoms with Crippen LogP contribution in [0.15, 0.2) is 36.4 Å². The lowest BCUT2D eigenvalue weighted by atomic mass is 9.93. The fraction of sp³-hybridized carbons (Fsp3) is 0.333. The number of hydrogen-bond donors (Lipinski definition) is 1. The molecule has 1 N–H and O–H groups in total. The zero-order valence-corrected chi connectivity index (χ0v) is 12.7. The van der Waals surface area contributed by atoms with Crippen molar-refractivity contribution in [2.45, 2.75) is 32.7 Å². The Balaban J connectivity index is 2.49. The maximum absolute atomic E-state index is 14.0. The average Bonchev–Trinajstić information content (AvgIpc) is 2.51. The van der Waals surface area contributed by atoms with Crippen molar-refractivity contribution in [1.82, 2.24) is 5.32 Å². The predicted molar refractivity (Wildman–Crippen MR) is 82.5 cm³/mol. The third-order valence-electron chi connectivity index (χ3n) is 3.91. The number of benzene rings is 2. The van der Waals surface area contributed by atoms with Gasteiger partial charge in [0, 0.05) is 5.56 Å². The summed E-state index contributed by atoms with van der Waals surface area (Å²) in [7, 11) is 1.76. The summed E-state index contributed by atoms with van der Waals surface area (Å²) in [6.07, 6.45) is 1.90. The number of aryl methyl sites for hydroxylation is 2. The molecule has 0 spiro atoms. The van der Waals surface area contributed by atoms with Gasteiger partial charge in [0.25, 0.3) is 0 Å². The van der Waals surface area contributed by atoms with Gasteiger partial charge in [0.1, 0.15) is 0 Å². The predicted octanol–water partition coefficient (Wildman–Crippen LogP) is 4.40. The molecule has 1 unspecified atom stereocenters. The Hall–Kier alpha value is -1.74. The summed E-state index contributed by atoms with van der Waals surface area (Å²) in [5.41, 5.74) is 3.85. The second-order valence-corrected chi connectivity index (χ2v) is 5.10. The van der Waals surface area contributed by atoms with Crippen LogP contribution < -0.4 is 5.32 Å². The fourth-order valence-electron chi connectivity index (χ4n) is 2.74. The van der Waals surface area contributed by atoms with E-state index in [-0.39, 0.29) is 6.04 Å². The van der Waals surface area contributed by atoms with Crippen molar-refractivity contribution in [3.05, 3.63) is 70.3 Å². The van der Waals surface area contributed by atoms with Gasteiger partial charge in [-0.3, -0.25) is 0 Å². The zero-order valence-electron chi connectivity index (χ0n) is 12.7. The van der Waals surface area contributed by atoms with E-state index in [2.05, 4.69) is 31.3 Å². The minimum absolute atomic E-state index is 0.337. The highest BCUT2D eigenvalue weighted by Crippen LogP contribution is 2.27. The van der Waals surface area contributed by atoms with Gasteiger partial charge in [-0.15, -0.1) is 0 Å². The molecule has 0 saturated heterocycles. The fourth-order valence-corrected chi connectivity index (χ4v) is 2.74. The molecule has 0 aliphatic carbocycles. The van der Waals surface area contributed by atoms with Gasteiger partial charge in [-0.25, -0.2) is 8.78 Å². The van der Waals surface area contributed by atoms with E-state index < -0.39 is 11.6 Å². The second-order valence-electron chi connectivity index (χ2n) is 5.10.